The molecule has 0 aromatic carbocycles. The molecule has 21 heavy (non-hydrogen) atoms. The summed E-state index contributed by atoms with van der Waals surface area (Å²) < 4.78 is 1.52. The van der Waals surface area contributed by atoms with Gasteiger partial charge in [0.05, 0.1) is 11.4 Å². The number of hydrogen-bond donors (Lipinski definition) is 1. The number of aryl methyl sites for hydroxylation is 2. The number of anilines is 1. The minimum absolute atomic E-state index is 0.0296. The summed E-state index contributed by atoms with van der Waals surface area (Å²) in [5.74, 6) is -0.132. The van der Waals surface area contributed by atoms with E-state index in [1.165, 1.54) is 4.68 Å². The second-order valence-electron chi connectivity index (χ2n) is 5.43. The van der Waals surface area contributed by atoms with Crippen molar-refractivity contribution < 1.29 is 9.59 Å². The van der Waals surface area contributed by atoms with Crippen molar-refractivity contribution in [2.45, 2.75) is 6.92 Å². The van der Waals surface area contributed by atoms with Crippen LogP contribution in [0.2, 0.25) is 0 Å². The van der Waals surface area contributed by atoms with Crippen molar-refractivity contribution in [1.82, 2.24) is 24.5 Å². The van der Waals surface area contributed by atoms with E-state index in [0.29, 0.717) is 43.3 Å². The van der Waals surface area contributed by atoms with Crippen LogP contribution in [0, 0.1) is 6.92 Å². The number of nitrogens with zero attached hydrogens (tertiary/aromatic N) is 5. The van der Waals surface area contributed by atoms with Crippen molar-refractivity contribution in [3.05, 3.63) is 11.4 Å². The van der Waals surface area contributed by atoms with Crippen LogP contribution in [-0.2, 0) is 7.05 Å². The summed E-state index contributed by atoms with van der Waals surface area (Å²) in [6, 6.07) is -0.0296. The topological polar surface area (TPSA) is 87.7 Å². The Morgan fingerprint density at radius 2 is 1.67 bits per heavy atom. The summed E-state index contributed by atoms with van der Waals surface area (Å²) in [4.78, 5) is 29.4. The molecule has 1 aliphatic rings. The van der Waals surface area contributed by atoms with Gasteiger partial charge in [0.25, 0.3) is 5.91 Å². The first-order valence-electron chi connectivity index (χ1n) is 6.87. The molecule has 0 radical (unpaired) electrons. The molecule has 8 heteroatoms. The summed E-state index contributed by atoms with van der Waals surface area (Å²) in [6.45, 7) is 3.84. The van der Waals surface area contributed by atoms with Crippen LogP contribution in [0.3, 0.4) is 0 Å². The van der Waals surface area contributed by atoms with E-state index in [0.717, 1.165) is 0 Å². The van der Waals surface area contributed by atoms with E-state index in [1.54, 1.807) is 42.8 Å². The lowest BCUT2D eigenvalue weighted by Gasteiger charge is -2.35. The van der Waals surface area contributed by atoms with E-state index in [1.807, 2.05) is 0 Å². The van der Waals surface area contributed by atoms with Gasteiger partial charge < -0.3 is 20.4 Å². The second-order valence-corrected chi connectivity index (χ2v) is 5.43. The van der Waals surface area contributed by atoms with E-state index in [-0.39, 0.29) is 11.9 Å². The van der Waals surface area contributed by atoms with Crippen molar-refractivity contribution in [3.63, 3.8) is 0 Å². The van der Waals surface area contributed by atoms with Crippen LogP contribution in [0.5, 0.6) is 0 Å². The fourth-order valence-electron chi connectivity index (χ4n) is 2.46. The van der Waals surface area contributed by atoms with Crippen LogP contribution >= 0.6 is 0 Å². The molecule has 1 saturated heterocycles. The number of carbonyl (C=O) groups is 2. The quantitative estimate of drug-likeness (QED) is 0.773. The average Bonchev–Trinajstić information content (AvgIpc) is 2.70. The van der Waals surface area contributed by atoms with Gasteiger partial charge in [-0.1, -0.05) is 0 Å². The van der Waals surface area contributed by atoms with Gasteiger partial charge in [0.2, 0.25) is 0 Å². The number of rotatable bonds is 1. The molecule has 0 unspecified atom stereocenters. The zero-order chi connectivity index (χ0) is 15.7. The van der Waals surface area contributed by atoms with Gasteiger partial charge in [-0.15, -0.1) is 0 Å². The van der Waals surface area contributed by atoms with Crippen molar-refractivity contribution >= 4 is 17.6 Å². The maximum Gasteiger partial charge on any atom is 0.319 e. The fourth-order valence-corrected chi connectivity index (χ4v) is 2.46. The number of nitrogens with two attached hydrogens (primary N) is 1. The third-order valence-corrected chi connectivity index (χ3v) is 3.69. The first kappa shape index (κ1) is 15.1. The van der Waals surface area contributed by atoms with E-state index in [2.05, 4.69) is 5.10 Å². The van der Waals surface area contributed by atoms with E-state index < -0.39 is 0 Å². The Hall–Kier alpha value is -2.25. The molecular formula is C13H22N6O2. The van der Waals surface area contributed by atoms with Crippen LogP contribution in [0.25, 0.3) is 0 Å². The highest BCUT2D eigenvalue weighted by Gasteiger charge is 2.28. The van der Waals surface area contributed by atoms with E-state index in [9.17, 15) is 9.59 Å². The molecule has 8 nitrogen and oxygen atoms in total. The number of aromatic nitrogens is 2. The zero-order valence-electron chi connectivity index (χ0n) is 13.0. The minimum atomic E-state index is -0.132. The van der Waals surface area contributed by atoms with Gasteiger partial charge in [-0.05, 0) is 6.92 Å². The molecule has 0 aliphatic carbocycles. The molecule has 116 valence electrons. The summed E-state index contributed by atoms with van der Waals surface area (Å²) >= 11 is 0. The van der Waals surface area contributed by atoms with Crippen LogP contribution in [-0.4, -0.2) is 76.7 Å². The predicted molar refractivity (Wildman–Crippen MR) is 78.9 cm³/mol. The van der Waals surface area contributed by atoms with Gasteiger partial charge >= 0.3 is 6.03 Å². The Bertz CT molecular complexity index is 557. The van der Waals surface area contributed by atoms with Crippen molar-refractivity contribution in [1.29, 1.82) is 0 Å². The Morgan fingerprint density at radius 1 is 1.14 bits per heavy atom. The normalized spacial score (nSPS) is 15.2. The number of urea groups is 1. The lowest BCUT2D eigenvalue weighted by molar-refractivity contribution is 0.0640. The SMILES string of the molecule is Cc1nn(C)c(C(=O)N2CCN(C(=O)N(C)C)CC2)c1N. The van der Waals surface area contributed by atoms with Crippen LogP contribution in [0.15, 0.2) is 0 Å². The zero-order valence-corrected chi connectivity index (χ0v) is 13.0. The molecule has 2 N–H and O–H groups in total. The Morgan fingerprint density at radius 3 is 2.10 bits per heavy atom. The highest BCUT2D eigenvalue weighted by Crippen LogP contribution is 2.18. The minimum Gasteiger partial charge on any atom is -0.395 e. The van der Waals surface area contributed by atoms with Gasteiger partial charge in [-0.3, -0.25) is 9.48 Å². The third-order valence-electron chi connectivity index (χ3n) is 3.69. The van der Waals surface area contributed by atoms with E-state index in [4.69, 9.17) is 5.73 Å². The molecule has 1 aromatic rings. The molecule has 2 rings (SSSR count). The highest BCUT2D eigenvalue weighted by atomic mass is 16.2. The molecule has 1 fully saturated rings. The van der Waals surface area contributed by atoms with Crippen molar-refractivity contribution in [2.24, 2.45) is 7.05 Å². The highest BCUT2D eigenvalue weighted by molar-refractivity contribution is 5.98. The molecular weight excluding hydrogens is 272 g/mol. The van der Waals surface area contributed by atoms with Gasteiger partial charge in [0.15, 0.2) is 0 Å². The van der Waals surface area contributed by atoms with E-state index >= 15 is 0 Å². The van der Waals surface area contributed by atoms with Crippen LogP contribution in [0.1, 0.15) is 16.2 Å². The molecule has 0 saturated carbocycles. The fraction of sp³-hybridized carbons (Fsp3) is 0.615. The largest absolute Gasteiger partial charge is 0.395 e. The molecule has 2 heterocycles. The molecule has 0 spiro atoms. The molecule has 1 aromatic heterocycles. The number of piperazine rings is 1. The number of carbonyl (C=O) groups excluding carboxylic acids is 2. The standard InChI is InChI=1S/C13H22N6O2/c1-9-10(14)11(17(4)15-9)12(20)18-5-7-19(8-6-18)13(21)16(2)3/h5-8,14H2,1-4H3. The predicted octanol–water partition coefficient (Wildman–Crippen LogP) is -0.250. The third kappa shape index (κ3) is 2.79. The van der Waals surface area contributed by atoms with Crippen molar-refractivity contribution in [3.8, 4) is 0 Å². The Labute approximate surface area is 124 Å². The average molecular weight is 294 g/mol. The van der Waals surface area contributed by atoms with Gasteiger partial charge in [-0.2, -0.15) is 5.10 Å². The number of hydrogen-bond acceptors (Lipinski definition) is 4. The smallest absolute Gasteiger partial charge is 0.319 e. The maximum absolute atomic E-state index is 12.5. The lowest BCUT2D eigenvalue weighted by atomic mass is 10.2. The molecule has 0 atom stereocenters. The summed E-state index contributed by atoms with van der Waals surface area (Å²) in [7, 11) is 5.15. The molecule has 0 bridgehead atoms. The number of nitrogen functional groups attached to an aromatic ring is 1. The van der Waals surface area contributed by atoms with Crippen LogP contribution in [0.4, 0.5) is 10.5 Å². The van der Waals surface area contributed by atoms with Crippen LogP contribution < -0.4 is 5.73 Å². The lowest BCUT2D eigenvalue weighted by Crippen LogP contribution is -2.53. The van der Waals surface area contributed by atoms with Gasteiger partial charge in [-0.25, -0.2) is 4.79 Å². The summed E-state index contributed by atoms with van der Waals surface area (Å²) in [6.07, 6.45) is 0. The van der Waals surface area contributed by atoms with Gasteiger partial charge in [0, 0.05) is 47.3 Å². The maximum atomic E-state index is 12.5. The second kappa shape index (κ2) is 5.63. The summed E-state index contributed by atoms with van der Waals surface area (Å²) in [5, 5.41) is 4.17. The van der Waals surface area contributed by atoms with Gasteiger partial charge in [0.1, 0.15) is 5.69 Å². The monoisotopic (exact) mass is 294 g/mol. The molecule has 3 amide bonds. The Balaban J connectivity index is 2.05. The number of amides is 3. The van der Waals surface area contributed by atoms with Crippen molar-refractivity contribution in [2.75, 3.05) is 46.0 Å². The summed E-state index contributed by atoms with van der Waals surface area (Å²) in [5.41, 5.74) is 7.42. The Kier molecular flexibility index (Phi) is 4.06. The first-order chi connectivity index (χ1) is 9.82. The molecule has 1 aliphatic heterocycles. The first-order valence-corrected chi connectivity index (χ1v) is 6.87.